The lowest BCUT2D eigenvalue weighted by Gasteiger charge is -2.32. The summed E-state index contributed by atoms with van der Waals surface area (Å²) in [7, 11) is 0. The third-order valence-corrected chi connectivity index (χ3v) is 2.87. The molecule has 1 fully saturated rings. The fraction of sp³-hybridized carbons (Fsp3) is 0.700. The van der Waals surface area contributed by atoms with E-state index in [1.807, 2.05) is 11.8 Å². The molecule has 0 aromatic rings. The van der Waals surface area contributed by atoms with Crippen molar-refractivity contribution in [3.63, 3.8) is 0 Å². The molecule has 0 unspecified atom stereocenters. The first kappa shape index (κ1) is 7.84. The van der Waals surface area contributed by atoms with Crippen LogP contribution in [0, 0.1) is 5.92 Å². The van der Waals surface area contributed by atoms with Gasteiger partial charge in [0.15, 0.2) is 0 Å². The SMILES string of the molecule is CC1=C[C@@H](C)C[C@H]2CCC(=O)N12. The Morgan fingerprint density at radius 2 is 2.33 bits per heavy atom. The number of hydrogen-bond acceptors (Lipinski definition) is 1. The van der Waals surface area contributed by atoms with Gasteiger partial charge >= 0.3 is 0 Å². The maximum atomic E-state index is 11.4. The van der Waals surface area contributed by atoms with Crippen molar-refractivity contribution >= 4 is 5.91 Å². The molecular weight excluding hydrogens is 150 g/mol. The second-order valence-electron chi connectivity index (χ2n) is 3.98. The lowest BCUT2D eigenvalue weighted by molar-refractivity contribution is -0.127. The maximum Gasteiger partial charge on any atom is 0.227 e. The number of allylic oxidation sites excluding steroid dienone is 2. The van der Waals surface area contributed by atoms with Gasteiger partial charge in [0, 0.05) is 18.2 Å². The Balaban J connectivity index is 2.28. The average molecular weight is 165 g/mol. The predicted molar refractivity (Wildman–Crippen MR) is 47.4 cm³/mol. The monoisotopic (exact) mass is 165 g/mol. The van der Waals surface area contributed by atoms with Gasteiger partial charge in [0.2, 0.25) is 5.91 Å². The van der Waals surface area contributed by atoms with Crippen LogP contribution in [-0.4, -0.2) is 16.8 Å². The van der Waals surface area contributed by atoms with Crippen molar-refractivity contribution in [1.29, 1.82) is 0 Å². The molecule has 2 aliphatic heterocycles. The van der Waals surface area contributed by atoms with Gasteiger partial charge < -0.3 is 4.90 Å². The number of amides is 1. The van der Waals surface area contributed by atoms with Crippen molar-refractivity contribution in [2.24, 2.45) is 5.92 Å². The van der Waals surface area contributed by atoms with Crippen molar-refractivity contribution < 1.29 is 4.79 Å². The summed E-state index contributed by atoms with van der Waals surface area (Å²) in [5, 5.41) is 0. The fourth-order valence-corrected chi connectivity index (χ4v) is 2.44. The van der Waals surface area contributed by atoms with E-state index in [-0.39, 0.29) is 0 Å². The molecule has 2 aliphatic rings. The highest BCUT2D eigenvalue weighted by Crippen LogP contribution is 2.32. The van der Waals surface area contributed by atoms with Crippen molar-refractivity contribution in [3.8, 4) is 0 Å². The topological polar surface area (TPSA) is 20.3 Å². The van der Waals surface area contributed by atoms with Crippen LogP contribution in [0.1, 0.15) is 33.1 Å². The van der Waals surface area contributed by atoms with Gasteiger partial charge in [0.05, 0.1) is 0 Å². The molecule has 12 heavy (non-hydrogen) atoms. The highest BCUT2D eigenvalue weighted by molar-refractivity contribution is 5.80. The minimum atomic E-state index is 0.320. The molecule has 0 spiro atoms. The molecule has 2 rings (SSSR count). The molecule has 2 nitrogen and oxygen atoms in total. The smallest absolute Gasteiger partial charge is 0.227 e. The zero-order chi connectivity index (χ0) is 8.72. The molecule has 2 atom stereocenters. The highest BCUT2D eigenvalue weighted by atomic mass is 16.2. The minimum absolute atomic E-state index is 0.320. The molecule has 0 radical (unpaired) electrons. The Bertz CT molecular complexity index is 244. The highest BCUT2D eigenvalue weighted by Gasteiger charge is 2.35. The Kier molecular flexibility index (Phi) is 1.71. The van der Waals surface area contributed by atoms with Crippen molar-refractivity contribution in [2.75, 3.05) is 0 Å². The van der Waals surface area contributed by atoms with Crippen LogP contribution in [0.4, 0.5) is 0 Å². The second kappa shape index (κ2) is 2.61. The van der Waals surface area contributed by atoms with Crippen molar-refractivity contribution in [3.05, 3.63) is 11.8 Å². The van der Waals surface area contributed by atoms with Crippen LogP contribution >= 0.6 is 0 Å². The summed E-state index contributed by atoms with van der Waals surface area (Å²) in [4.78, 5) is 13.4. The molecule has 0 N–H and O–H groups in total. The van der Waals surface area contributed by atoms with Gasteiger partial charge in [-0.05, 0) is 25.7 Å². The molecule has 1 saturated heterocycles. The largest absolute Gasteiger partial charge is 0.314 e. The lowest BCUT2D eigenvalue weighted by atomic mass is 9.95. The molecule has 0 bridgehead atoms. The van der Waals surface area contributed by atoms with Gasteiger partial charge in [0.1, 0.15) is 0 Å². The first-order chi connectivity index (χ1) is 5.68. The summed E-state index contributed by atoms with van der Waals surface area (Å²) in [6.07, 6.45) is 5.18. The van der Waals surface area contributed by atoms with E-state index in [0.717, 1.165) is 19.3 Å². The fourth-order valence-electron chi connectivity index (χ4n) is 2.44. The van der Waals surface area contributed by atoms with E-state index in [0.29, 0.717) is 17.9 Å². The summed E-state index contributed by atoms with van der Waals surface area (Å²) in [6.45, 7) is 4.27. The van der Waals surface area contributed by atoms with Gasteiger partial charge in [0.25, 0.3) is 0 Å². The van der Waals surface area contributed by atoms with Crippen LogP contribution in [-0.2, 0) is 4.79 Å². The van der Waals surface area contributed by atoms with Crippen molar-refractivity contribution in [2.45, 2.75) is 39.2 Å². The number of nitrogens with zero attached hydrogens (tertiary/aromatic N) is 1. The molecule has 2 heterocycles. The molecule has 66 valence electrons. The zero-order valence-electron chi connectivity index (χ0n) is 7.71. The van der Waals surface area contributed by atoms with E-state index in [4.69, 9.17) is 0 Å². The van der Waals surface area contributed by atoms with Crippen LogP contribution in [0.3, 0.4) is 0 Å². The summed E-state index contributed by atoms with van der Waals surface area (Å²) in [5.41, 5.74) is 1.17. The van der Waals surface area contributed by atoms with Gasteiger partial charge in [-0.3, -0.25) is 4.79 Å². The van der Waals surface area contributed by atoms with Crippen LogP contribution in [0.5, 0.6) is 0 Å². The molecular formula is C10H15NO. The Hall–Kier alpha value is -0.790. The number of carbonyl (C=O) groups excluding carboxylic acids is 1. The summed E-state index contributed by atoms with van der Waals surface area (Å²) in [6, 6.07) is 0.512. The Morgan fingerprint density at radius 3 is 3.08 bits per heavy atom. The number of rotatable bonds is 0. The summed E-state index contributed by atoms with van der Waals surface area (Å²) in [5.74, 6) is 0.970. The summed E-state index contributed by atoms with van der Waals surface area (Å²) >= 11 is 0. The van der Waals surface area contributed by atoms with Crippen LogP contribution in [0.25, 0.3) is 0 Å². The number of fused-ring (bicyclic) bond motifs is 1. The molecule has 0 aliphatic carbocycles. The van der Waals surface area contributed by atoms with E-state index in [9.17, 15) is 4.79 Å². The minimum Gasteiger partial charge on any atom is -0.314 e. The van der Waals surface area contributed by atoms with Gasteiger partial charge in [-0.1, -0.05) is 13.0 Å². The quantitative estimate of drug-likeness (QED) is 0.537. The second-order valence-corrected chi connectivity index (χ2v) is 3.98. The standard InChI is InChI=1S/C10H15NO/c1-7-5-8(2)11-9(6-7)3-4-10(11)12/h5,7,9H,3-4,6H2,1-2H3/t7-,9-/m1/s1. The van der Waals surface area contributed by atoms with E-state index < -0.39 is 0 Å². The maximum absolute atomic E-state index is 11.4. The van der Waals surface area contributed by atoms with Crippen LogP contribution in [0.15, 0.2) is 11.8 Å². The normalized spacial score (nSPS) is 35.0. The third kappa shape index (κ3) is 1.06. The zero-order valence-corrected chi connectivity index (χ0v) is 7.71. The van der Waals surface area contributed by atoms with Crippen LogP contribution in [0.2, 0.25) is 0 Å². The molecule has 1 amide bonds. The first-order valence-electron chi connectivity index (χ1n) is 4.69. The average Bonchev–Trinajstić information content (AvgIpc) is 2.31. The Morgan fingerprint density at radius 1 is 1.58 bits per heavy atom. The Labute approximate surface area is 73.2 Å². The number of carbonyl (C=O) groups is 1. The lowest BCUT2D eigenvalue weighted by Crippen LogP contribution is -2.35. The van der Waals surface area contributed by atoms with E-state index in [1.165, 1.54) is 5.70 Å². The van der Waals surface area contributed by atoms with Crippen LogP contribution < -0.4 is 0 Å². The molecule has 0 aromatic carbocycles. The number of hydrogen-bond donors (Lipinski definition) is 0. The molecule has 0 aromatic heterocycles. The first-order valence-corrected chi connectivity index (χ1v) is 4.69. The van der Waals surface area contributed by atoms with Gasteiger partial charge in [-0.15, -0.1) is 0 Å². The van der Waals surface area contributed by atoms with E-state index in [2.05, 4.69) is 13.0 Å². The third-order valence-electron chi connectivity index (χ3n) is 2.87. The van der Waals surface area contributed by atoms with Crippen molar-refractivity contribution in [1.82, 2.24) is 4.90 Å². The summed E-state index contributed by atoms with van der Waals surface area (Å²) < 4.78 is 0. The van der Waals surface area contributed by atoms with E-state index in [1.54, 1.807) is 0 Å². The van der Waals surface area contributed by atoms with E-state index >= 15 is 0 Å². The van der Waals surface area contributed by atoms with Gasteiger partial charge in [-0.2, -0.15) is 0 Å². The molecule has 2 heteroatoms. The molecule has 0 saturated carbocycles. The predicted octanol–water partition coefficient (Wildman–Crippen LogP) is 1.92. The van der Waals surface area contributed by atoms with Gasteiger partial charge in [-0.25, -0.2) is 0 Å².